The van der Waals surface area contributed by atoms with Crippen molar-refractivity contribution in [3.63, 3.8) is 0 Å². The lowest BCUT2D eigenvalue weighted by atomic mass is 9.84. The second kappa shape index (κ2) is 6.21. The van der Waals surface area contributed by atoms with Gasteiger partial charge in [0.2, 0.25) is 0 Å². The highest BCUT2D eigenvalue weighted by Crippen LogP contribution is 2.34. The highest BCUT2D eigenvalue weighted by Gasteiger charge is 2.40. The van der Waals surface area contributed by atoms with Crippen LogP contribution in [0.2, 0.25) is 0 Å². The predicted octanol–water partition coefficient (Wildman–Crippen LogP) is 2.82. The zero-order chi connectivity index (χ0) is 15.5. The first-order valence-electron chi connectivity index (χ1n) is 8.01. The summed E-state index contributed by atoms with van der Waals surface area (Å²) in [7, 11) is 2.22. The van der Waals surface area contributed by atoms with E-state index in [2.05, 4.69) is 36.7 Å². The zero-order valence-corrected chi connectivity index (χ0v) is 13.2. The van der Waals surface area contributed by atoms with E-state index in [1.807, 2.05) is 36.4 Å². The van der Waals surface area contributed by atoms with Crippen molar-refractivity contribution < 1.29 is 9.70 Å². The quantitative estimate of drug-likeness (QED) is 0.851. The number of hydrogen-bond acceptors (Lipinski definition) is 2. The van der Waals surface area contributed by atoms with Gasteiger partial charge in [-0.25, -0.2) is 4.59 Å². The number of nitrogens with one attached hydrogen (secondary N) is 1. The van der Waals surface area contributed by atoms with Crippen LogP contribution in [-0.4, -0.2) is 29.8 Å². The molecule has 1 saturated heterocycles. The first-order valence-corrected chi connectivity index (χ1v) is 8.01. The monoisotopic (exact) mass is 297 g/mol. The van der Waals surface area contributed by atoms with Crippen molar-refractivity contribution in [2.75, 3.05) is 20.1 Å². The molecule has 0 aromatic heterocycles. The van der Waals surface area contributed by atoms with Crippen molar-refractivity contribution in [3.8, 4) is 0 Å². The van der Waals surface area contributed by atoms with Crippen LogP contribution in [0.5, 0.6) is 0 Å². The lowest BCUT2D eigenvalue weighted by Crippen LogP contribution is -2.60. The molecule has 0 unspecified atom stereocenters. The molecule has 0 bridgehead atoms. The molecule has 2 aromatic carbocycles. The Kier molecular flexibility index (Phi) is 4.30. The minimum atomic E-state index is -0.673. The van der Waals surface area contributed by atoms with Crippen molar-refractivity contribution in [3.05, 3.63) is 71.8 Å². The molecule has 3 rings (SSSR count). The molecule has 1 heterocycles. The van der Waals surface area contributed by atoms with Gasteiger partial charge >= 0.3 is 0 Å². The fourth-order valence-corrected chi connectivity index (χ4v) is 3.17. The summed E-state index contributed by atoms with van der Waals surface area (Å²) in [5.74, 6) is 0. The number of nitrogens with zero attached hydrogens (tertiary/aromatic N) is 1. The Bertz CT molecular complexity index is 589. The van der Waals surface area contributed by atoms with E-state index in [0.717, 1.165) is 42.6 Å². The Morgan fingerprint density at radius 1 is 0.955 bits per heavy atom. The first kappa shape index (κ1) is 15.2. The highest BCUT2D eigenvalue weighted by molar-refractivity contribution is 5.22. The van der Waals surface area contributed by atoms with Gasteiger partial charge in [-0.15, -0.1) is 0 Å². The van der Waals surface area contributed by atoms with Crippen LogP contribution in [0, 0.1) is 0 Å². The first-order chi connectivity index (χ1) is 10.6. The second-order valence-corrected chi connectivity index (χ2v) is 6.56. The molecule has 0 spiro atoms. The van der Waals surface area contributed by atoms with Crippen LogP contribution in [0.4, 0.5) is 0 Å². The fourth-order valence-electron chi connectivity index (χ4n) is 3.17. The van der Waals surface area contributed by atoms with Gasteiger partial charge in [0.15, 0.2) is 0 Å². The van der Waals surface area contributed by atoms with E-state index in [-0.39, 0.29) is 0 Å². The van der Waals surface area contributed by atoms with E-state index in [1.54, 1.807) is 0 Å². The second-order valence-electron chi connectivity index (χ2n) is 6.56. The molecule has 1 aliphatic heterocycles. The average Bonchev–Trinajstić information content (AvgIpc) is 2.58. The summed E-state index contributed by atoms with van der Waals surface area (Å²) in [4.78, 5) is 0. The number of rotatable bonds is 4. The molecule has 22 heavy (non-hydrogen) atoms. The van der Waals surface area contributed by atoms with Gasteiger partial charge in [0.25, 0.3) is 0 Å². The molecule has 3 nitrogen and oxygen atoms in total. The summed E-state index contributed by atoms with van der Waals surface area (Å²) in [6, 6.07) is 20.5. The maximum Gasteiger partial charge on any atom is 0.100 e. The molecular weight excluding hydrogens is 272 g/mol. The molecule has 0 amide bonds. The third-order valence-electron chi connectivity index (χ3n) is 4.86. The standard InChI is InChI=1S/C19H25N2O/c1-21(20-16-17-8-4-2-5-9-17)14-12-19(22,13-15-21)18-10-6-3-7-11-18/h2-11,20,22H,12-16H2,1H3/q+1. The van der Waals surface area contributed by atoms with Crippen LogP contribution in [0.25, 0.3) is 0 Å². The fraction of sp³-hybridized carbons (Fsp3) is 0.368. The van der Waals surface area contributed by atoms with Crippen LogP contribution in [0.1, 0.15) is 24.0 Å². The number of aliphatic hydroxyl groups is 1. The Labute approximate surface area is 132 Å². The lowest BCUT2D eigenvalue weighted by molar-refractivity contribution is -0.960. The maximum atomic E-state index is 10.9. The third-order valence-corrected chi connectivity index (χ3v) is 4.86. The number of likely N-dealkylation sites (tertiary alicyclic amines) is 1. The minimum Gasteiger partial charge on any atom is -0.385 e. The summed E-state index contributed by atoms with van der Waals surface area (Å²) in [6.45, 7) is 2.72. The van der Waals surface area contributed by atoms with E-state index in [9.17, 15) is 5.11 Å². The highest BCUT2D eigenvalue weighted by atomic mass is 16.3. The van der Waals surface area contributed by atoms with Gasteiger partial charge in [-0.2, -0.15) is 5.43 Å². The Morgan fingerprint density at radius 3 is 2.09 bits per heavy atom. The number of benzene rings is 2. The predicted molar refractivity (Wildman–Crippen MR) is 88.8 cm³/mol. The molecule has 2 N–H and O–H groups in total. The Morgan fingerprint density at radius 2 is 1.50 bits per heavy atom. The van der Waals surface area contributed by atoms with Crippen molar-refractivity contribution in [2.45, 2.75) is 25.0 Å². The van der Waals surface area contributed by atoms with Gasteiger partial charge in [0.05, 0.1) is 26.7 Å². The van der Waals surface area contributed by atoms with E-state index in [0.29, 0.717) is 0 Å². The van der Waals surface area contributed by atoms with Gasteiger partial charge in [-0.05, 0) is 11.1 Å². The molecule has 0 atom stereocenters. The van der Waals surface area contributed by atoms with Crippen LogP contribution in [0.3, 0.4) is 0 Å². The average molecular weight is 297 g/mol. The maximum absolute atomic E-state index is 10.9. The van der Waals surface area contributed by atoms with Crippen molar-refractivity contribution in [2.24, 2.45) is 0 Å². The molecule has 1 aliphatic rings. The Hall–Kier alpha value is -1.68. The molecule has 3 heteroatoms. The van der Waals surface area contributed by atoms with Crippen molar-refractivity contribution in [1.29, 1.82) is 0 Å². The van der Waals surface area contributed by atoms with Crippen LogP contribution in [-0.2, 0) is 12.1 Å². The van der Waals surface area contributed by atoms with Gasteiger partial charge < -0.3 is 5.11 Å². The van der Waals surface area contributed by atoms with Gasteiger partial charge in [0.1, 0.15) is 5.60 Å². The summed E-state index contributed by atoms with van der Waals surface area (Å²) < 4.78 is 0.810. The van der Waals surface area contributed by atoms with Gasteiger partial charge in [-0.3, -0.25) is 0 Å². The largest absolute Gasteiger partial charge is 0.385 e. The topological polar surface area (TPSA) is 32.3 Å². The molecular formula is C19H25N2O+. The SMILES string of the molecule is C[N+]1(NCc2ccccc2)CCC(O)(c2ccccc2)CC1. The molecule has 0 saturated carbocycles. The van der Waals surface area contributed by atoms with Crippen LogP contribution < -0.4 is 5.43 Å². The molecule has 0 aliphatic carbocycles. The van der Waals surface area contributed by atoms with E-state index in [4.69, 9.17) is 0 Å². The lowest BCUT2D eigenvalue weighted by Gasteiger charge is -2.43. The van der Waals surface area contributed by atoms with Gasteiger partial charge in [0, 0.05) is 12.8 Å². The van der Waals surface area contributed by atoms with E-state index >= 15 is 0 Å². The summed E-state index contributed by atoms with van der Waals surface area (Å²) in [5, 5.41) is 10.9. The minimum absolute atomic E-state index is 0.673. The Balaban J connectivity index is 1.61. The molecule has 116 valence electrons. The number of hydrogen-bond donors (Lipinski definition) is 2. The van der Waals surface area contributed by atoms with E-state index < -0.39 is 5.60 Å². The van der Waals surface area contributed by atoms with Gasteiger partial charge in [-0.1, -0.05) is 60.7 Å². The molecule has 1 fully saturated rings. The van der Waals surface area contributed by atoms with E-state index in [1.165, 1.54) is 5.56 Å². The van der Waals surface area contributed by atoms with Crippen LogP contribution >= 0.6 is 0 Å². The molecule has 2 aromatic rings. The summed E-state index contributed by atoms with van der Waals surface area (Å²) >= 11 is 0. The normalized spacial score (nSPS) is 28.5. The van der Waals surface area contributed by atoms with Crippen molar-refractivity contribution in [1.82, 2.24) is 5.43 Å². The number of quaternary nitrogens is 1. The zero-order valence-electron chi connectivity index (χ0n) is 13.2. The summed E-state index contributed by atoms with van der Waals surface area (Å²) in [6.07, 6.45) is 1.57. The molecule has 0 radical (unpaired) electrons. The number of piperidine rings is 1. The van der Waals surface area contributed by atoms with Crippen molar-refractivity contribution >= 4 is 0 Å². The third kappa shape index (κ3) is 3.38. The summed E-state index contributed by atoms with van der Waals surface area (Å²) in [5.41, 5.74) is 5.30. The van der Waals surface area contributed by atoms with Crippen LogP contribution in [0.15, 0.2) is 60.7 Å². The smallest absolute Gasteiger partial charge is 0.100 e.